The van der Waals surface area contributed by atoms with Crippen molar-refractivity contribution in [1.29, 1.82) is 0 Å². The Bertz CT molecular complexity index is 2550. The highest BCUT2D eigenvalue weighted by Crippen LogP contribution is 2.37. The minimum atomic E-state index is -4.54. The summed E-state index contributed by atoms with van der Waals surface area (Å²) >= 11 is 0. The number of rotatable bonds is 8. The van der Waals surface area contributed by atoms with Crippen LogP contribution in [0.15, 0.2) is 103 Å². The summed E-state index contributed by atoms with van der Waals surface area (Å²) in [5.74, 6) is -0.145. The SMILES string of the molecule is O=C(Nc1cccc(CN2CCOCC2)n1)c1cnc2ccc(-c3ccccc3C(F)(F)F)nn12.O=COc1cnc2ccc(-c3ccccc3C(F)(F)F)nn12. The zero-order valence-corrected chi connectivity index (χ0v) is 29.4. The Labute approximate surface area is 318 Å². The second-order valence-electron chi connectivity index (χ2n) is 12.4. The summed E-state index contributed by atoms with van der Waals surface area (Å²) in [6, 6.07) is 21.5. The number of carbonyl (C=O) groups excluding carboxylic acids is 2. The van der Waals surface area contributed by atoms with Gasteiger partial charge in [-0.3, -0.25) is 14.5 Å². The molecule has 57 heavy (non-hydrogen) atoms. The molecule has 13 nitrogen and oxygen atoms in total. The second kappa shape index (κ2) is 16.2. The van der Waals surface area contributed by atoms with E-state index < -0.39 is 29.4 Å². The van der Waals surface area contributed by atoms with Crippen LogP contribution in [-0.2, 0) is 28.4 Å². The Hall–Kier alpha value is -6.73. The maximum absolute atomic E-state index is 13.5. The minimum Gasteiger partial charge on any atom is -0.408 e. The van der Waals surface area contributed by atoms with Crippen LogP contribution in [-0.4, -0.2) is 77.8 Å². The van der Waals surface area contributed by atoms with Crippen LogP contribution in [0.3, 0.4) is 0 Å². The molecule has 5 aromatic heterocycles. The summed E-state index contributed by atoms with van der Waals surface area (Å²) in [6.45, 7) is 3.80. The number of ether oxygens (including phenoxy) is 2. The van der Waals surface area contributed by atoms with Crippen molar-refractivity contribution in [2.45, 2.75) is 18.9 Å². The van der Waals surface area contributed by atoms with Crippen molar-refractivity contribution in [1.82, 2.24) is 39.1 Å². The van der Waals surface area contributed by atoms with Crippen molar-refractivity contribution in [3.63, 3.8) is 0 Å². The number of alkyl halides is 6. The van der Waals surface area contributed by atoms with Crippen molar-refractivity contribution >= 4 is 29.5 Å². The van der Waals surface area contributed by atoms with E-state index in [0.29, 0.717) is 36.9 Å². The van der Waals surface area contributed by atoms with E-state index in [4.69, 9.17) is 4.74 Å². The van der Waals surface area contributed by atoms with E-state index in [1.165, 1.54) is 77.6 Å². The number of pyridine rings is 1. The van der Waals surface area contributed by atoms with Crippen LogP contribution in [0.25, 0.3) is 33.8 Å². The van der Waals surface area contributed by atoms with Gasteiger partial charge in [0.25, 0.3) is 12.4 Å². The summed E-state index contributed by atoms with van der Waals surface area (Å²) in [5, 5.41) is 11.1. The Kier molecular flexibility index (Phi) is 10.9. The number of hydrogen-bond donors (Lipinski definition) is 1. The number of halogens is 6. The van der Waals surface area contributed by atoms with Gasteiger partial charge in [-0.2, -0.15) is 41.1 Å². The lowest BCUT2D eigenvalue weighted by atomic mass is 10.0. The van der Waals surface area contributed by atoms with E-state index in [0.717, 1.165) is 35.4 Å². The largest absolute Gasteiger partial charge is 0.417 e. The fourth-order valence-corrected chi connectivity index (χ4v) is 6.01. The molecule has 1 aliphatic rings. The molecule has 8 rings (SSSR count). The van der Waals surface area contributed by atoms with Crippen molar-refractivity contribution in [3.8, 4) is 28.4 Å². The van der Waals surface area contributed by atoms with Crippen molar-refractivity contribution in [2.75, 3.05) is 31.6 Å². The number of amides is 1. The number of morpholine rings is 1. The summed E-state index contributed by atoms with van der Waals surface area (Å²) in [4.78, 5) is 38.2. The third kappa shape index (κ3) is 8.73. The average molecular weight is 790 g/mol. The molecule has 1 N–H and O–H groups in total. The highest BCUT2D eigenvalue weighted by molar-refractivity contribution is 6.02. The quantitative estimate of drug-likeness (QED) is 0.129. The molecule has 0 atom stereocenters. The molecule has 1 aliphatic heterocycles. The number of benzene rings is 2. The predicted octanol–water partition coefficient (Wildman–Crippen LogP) is 6.84. The monoisotopic (exact) mass is 789 g/mol. The molecular weight excluding hydrogens is 760 g/mol. The third-order valence-corrected chi connectivity index (χ3v) is 8.65. The van der Waals surface area contributed by atoms with Gasteiger partial charge in [0.05, 0.1) is 53.8 Å². The van der Waals surface area contributed by atoms with E-state index in [1.807, 2.05) is 6.07 Å². The van der Waals surface area contributed by atoms with Gasteiger partial charge >= 0.3 is 12.4 Å². The van der Waals surface area contributed by atoms with Crippen LogP contribution >= 0.6 is 0 Å². The summed E-state index contributed by atoms with van der Waals surface area (Å²) in [5.41, 5.74) is -0.0281. The van der Waals surface area contributed by atoms with Gasteiger partial charge in [0, 0.05) is 30.8 Å². The number of anilines is 1. The van der Waals surface area contributed by atoms with Crippen molar-refractivity contribution in [3.05, 3.63) is 126 Å². The fraction of sp³-hybridized carbons (Fsp3) is 0.184. The smallest absolute Gasteiger partial charge is 0.408 e. The number of nitrogens with one attached hydrogen (secondary N) is 1. The predicted molar refractivity (Wildman–Crippen MR) is 192 cm³/mol. The van der Waals surface area contributed by atoms with Crippen LogP contribution in [0, 0.1) is 0 Å². The molecular formula is C38H29F6N9O4. The normalized spacial score (nSPS) is 13.6. The first-order valence-corrected chi connectivity index (χ1v) is 17.1. The van der Waals surface area contributed by atoms with E-state index in [-0.39, 0.29) is 40.6 Å². The van der Waals surface area contributed by atoms with Crippen LogP contribution in [0.1, 0.15) is 27.3 Å². The van der Waals surface area contributed by atoms with E-state index in [2.05, 4.69) is 40.1 Å². The molecule has 0 spiro atoms. The van der Waals surface area contributed by atoms with E-state index in [9.17, 15) is 35.9 Å². The van der Waals surface area contributed by atoms with Gasteiger partial charge < -0.3 is 14.8 Å². The molecule has 2 aromatic carbocycles. The third-order valence-electron chi connectivity index (χ3n) is 8.65. The number of carbonyl (C=O) groups is 2. The molecule has 7 aromatic rings. The zero-order valence-electron chi connectivity index (χ0n) is 29.4. The molecule has 0 aliphatic carbocycles. The maximum Gasteiger partial charge on any atom is 0.417 e. The number of aromatic nitrogens is 7. The molecule has 6 heterocycles. The van der Waals surface area contributed by atoms with E-state index in [1.54, 1.807) is 12.1 Å². The molecule has 19 heteroatoms. The lowest BCUT2D eigenvalue weighted by molar-refractivity contribution is -0.137. The van der Waals surface area contributed by atoms with Crippen LogP contribution in [0.2, 0.25) is 0 Å². The first-order valence-electron chi connectivity index (χ1n) is 17.1. The number of hydrogen-bond acceptors (Lipinski definition) is 10. The van der Waals surface area contributed by atoms with Crippen LogP contribution < -0.4 is 10.1 Å². The van der Waals surface area contributed by atoms with Crippen LogP contribution in [0.5, 0.6) is 5.88 Å². The zero-order chi connectivity index (χ0) is 40.2. The summed E-state index contributed by atoms with van der Waals surface area (Å²) in [7, 11) is 0. The second-order valence-corrected chi connectivity index (χ2v) is 12.4. The lowest BCUT2D eigenvalue weighted by Gasteiger charge is -2.26. The lowest BCUT2D eigenvalue weighted by Crippen LogP contribution is -2.35. The van der Waals surface area contributed by atoms with Crippen molar-refractivity contribution in [2.24, 2.45) is 0 Å². The van der Waals surface area contributed by atoms with Gasteiger partial charge in [-0.05, 0) is 48.5 Å². The van der Waals surface area contributed by atoms with Gasteiger partial charge in [-0.25, -0.2) is 19.5 Å². The molecule has 0 saturated carbocycles. The Morgan fingerprint density at radius 3 is 1.93 bits per heavy atom. The van der Waals surface area contributed by atoms with Gasteiger partial charge in [0.15, 0.2) is 17.0 Å². The van der Waals surface area contributed by atoms with Crippen molar-refractivity contribution < 1.29 is 45.4 Å². The maximum atomic E-state index is 13.5. The Balaban J connectivity index is 0.000000194. The molecule has 1 fully saturated rings. The summed E-state index contributed by atoms with van der Waals surface area (Å²) < 4.78 is 92.1. The first-order chi connectivity index (χ1) is 27.4. The van der Waals surface area contributed by atoms with Gasteiger partial charge in [-0.1, -0.05) is 42.5 Å². The van der Waals surface area contributed by atoms with Gasteiger partial charge in [0.1, 0.15) is 5.82 Å². The summed E-state index contributed by atoms with van der Waals surface area (Å²) in [6.07, 6.45) is -6.45. The van der Waals surface area contributed by atoms with E-state index >= 15 is 0 Å². The number of imidazole rings is 2. The molecule has 1 amide bonds. The molecule has 0 unspecified atom stereocenters. The van der Waals surface area contributed by atoms with Gasteiger partial charge in [-0.15, -0.1) is 0 Å². The number of fused-ring (bicyclic) bond motifs is 2. The molecule has 1 saturated heterocycles. The molecule has 292 valence electrons. The number of nitrogens with zero attached hydrogens (tertiary/aromatic N) is 8. The highest BCUT2D eigenvalue weighted by Gasteiger charge is 2.35. The van der Waals surface area contributed by atoms with Gasteiger partial charge in [0.2, 0.25) is 5.88 Å². The topological polar surface area (TPSA) is 141 Å². The molecule has 0 radical (unpaired) electrons. The highest BCUT2D eigenvalue weighted by atomic mass is 19.4. The minimum absolute atomic E-state index is 0.0244. The van der Waals surface area contributed by atoms with Crippen LogP contribution in [0.4, 0.5) is 32.2 Å². The Morgan fingerprint density at radius 2 is 1.32 bits per heavy atom. The standard InChI is InChI=1S/C24H21F3N6O2.C14H8F3N3O2/c25-24(26,27)18-6-2-1-5-17(18)19-8-9-22-28-14-20(33(22)31-19)23(34)30-21-7-3-4-16(29-21)15-32-10-12-35-13-11-32;15-14(16,17)10-4-2-1-3-9(10)11-5-6-12-18-7-13(22-8-21)20(12)19-11/h1-9,14H,10-13,15H2,(H,29,30,34);1-8H. The first kappa shape index (κ1) is 38.5. The average Bonchev–Trinajstić information content (AvgIpc) is 3.82. The molecule has 0 bridgehead atoms. The fourth-order valence-electron chi connectivity index (χ4n) is 6.01. The Morgan fingerprint density at radius 1 is 0.737 bits per heavy atom.